The third-order valence-corrected chi connectivity index (χ3v) is 4.95. The molecular weight excluding hydrogens is 479 g/mol. The lowest BCUT2D eigenvalue weighted by Crippen LogP contribution is -2.45. The number of hydrogen-bond acceptors (Lipinski definition) is 3. The van der Waals surface area contributed by atoms with Gasteiger partial charge in [-0.3, -0.25) is 9.79 Å². The zero-order valence-electron chi connectivity index (χ0n) is 18.7. The predicted octanol–water partition coefficient (Wildman–Crippen LogP) is 3.71. The number of nitrogens with zero attached hydrogens (tertiary/aromatic N) is 2. The van der Waals surface area contributed by atoms with Gasteiger partial charge in [0.15, 0.2) is 5.96 Å². The van der Waals surface area contributed by atoms with E-state index in [1.54, 1.807) is 7.05 Å². The number of benzene rings is 1. The van der Waals surface area contributed by atoms with Gasteiger partial charge in [-0.05, 0) is 58.1 Å². The largest absolute Gasteiger partial charge is 0.488 e. The number of guanidine groups is 1. The SMILES string of the molecule is CN=C(NCc1ccc(C)cc1OC(C)(C)C)N1CCC(CC(=O)NC)CC1.I. The molecule has 0 unspecified atom stereocenters. The Kier molecular flexibility index (Phi) is 10.2. The maximum atomic E-state index is 11.6. The van der Waals surface area contributed by atoms with Gasteiger partial charge in [-0.25, -0.2) is 0 Å². The first-order chi connectivity index (χ1) is 13.2. The van der Waals surface area contributed by atoms with Crippen LogP contribution in [0.3, 0.4) is 0 Å². The van der Waals surface area contributed by atoms with E-state index in [0.29, 0.717) is 18.9 Å². The van der Waals surface area contributed by atoms with Crippen molar-refractivity contribution in [3.05, 3.63) is 29.3 Å². The number of nitrogens with one attached hydrogen (secondary N) is 2. The average molecular weight is 516 g/mol. The van der Waals surface area contributed by atoms with Crippen LogP contribution in [0.4, 0.5) is 0 Å². The first kappa shape index (κ1) is 25.5. The van der Waals surface area contributed by atoms with E-state index in [-0.39, 0.29) is 35.5 Å². The molecule has 1 aromatic carbocycles. The average Bonchev–Trinajstić information content (AvgIpc) is 2.63. The van der Waals surface area contributed by atoms with Crippen molar-refractivity contribution in [3.8, 4) is 5.75 Å². The van der Waals surface area contributed by atoms with Gasteiger partial charge in [-0.1, -0.05) is 12.1 Å². The number of carbonyl (C=O) groups is 1. The molecule has 2 rings (SSSR count). The summed E-state index contributed by atoms with van der Waals surface area (Å²) in [6.07, 6.45) is 2.64. The molecule has 164 valence electrons. The molecule has 1 aromatic rings. The predicted molar refractivity (Wildman–Crippen MR) is 130 cm³/mol. The van der Waals surface area contributed by atoms with Crippen molar-refractivity contribution in [1.82, 2.24) is 15.5 Å². The molecular formula is C22H37IN4O2. The van der Waals surface area contributed by atoms with E-state index in [9.17, 15) is 4.79 Å². The number of rotatable bonds is 5. The molecule has 7 heteroatoms. The second kappa shape index (κ2) is 11.6. The van der Waals surface area contributed by atoms with Gasteiger partial charge in [0.25, 0.3) is 0 Å². The molecule has 1 heterocycles. The first-order valence-electron chi connectivity index (χ1n) is 10.2. The van der Waals surface area contributed by atoms with Crippen molar-refractivity contribution in [2.45, 2.75) is 59.1 Å². The number of likely N-dealkylation sites (tertiary alicyclic amines) is 1. The number of halogens is 1. The quantitative estimate of drug-likeness (QED) is 0.356. The van der Waals surface area contributed by atoms with Crippen LogP contribution in [0, 0.1) is 12.8 Å². The van der Waals surface area contributed by atoms with Crippen molar-refractivity contribution in [3.63, 3.8) is 0 Å². The van der Waals surface area contributed by atoms with E-state index in [1.165, 1.54) is 5.56 Å². The molecule has 1 aliphatic rings. The summed E-state index contributed by atoms with van der Waals surface area (Å²) in [7, 11) is 3.52. The lowest BCUT2D eigenvalue weighted by molar-refractivity contribution is -0.121. The fraction of sp³-hybridized carbons (Fsp3) is 0.636. The Labute approximate surface area is 192 Å². The molecule has 1 fully saturated rings. The summed E-state index contributed by atoms with van der Waals surface area (Å²) in [6.45, 7) is 10.8. The lowest BCUT2D eigenvalue weighted by atomic mass is 9.93. The monoisotopic (exact) mass is 516 g/mol. The molecule has 6 nitrogen and oxygen atoms in total. The van der Waals surface area contributed by atoms with Crippen LogP contribution in [0.25, 0.3) is 0 Å². The number of amides is 1. The highest BCUT2D eigenvalue weighted by Gasteiger charge is 2.23. The molecule has 2 N–H and O–H groups in total. The fourth-order valence-electron chi connectivity index (χ4n) is 3.45. The summed E-state index contributed by atoms with van der Waals surface area (Å²) < 4.78 is 6.16. The third kappa shape index (κ3) is 8.40. The second-order valence-electron chi connectivity index (χ2n) is 8.53. The van der Waals surface area contributed by atoms with Gasteiger partial charge in [0.2, 0.25) is 5.91 Å². The minimum Gasteiger partial charge on any atom is -0.488 e. The zero-order valence-corrected chi connectivity index (χ0v) is 21.0. The van der Waals surface area contributed by atoms with Crippen LogP contribution in [-0.4, -0.2) is 49.6 Å². The van der Waals surface area contributed by atoms with Gasteiger partial charge < -0.3 is 20.3 Å². The number of carbonyl (C=O) groups excluding carboxylic acids is 1. The van der Waals surface area contributed by atoms with E-state index in [1.807, 2.05) is 7.05 Å². The molecule has 0 atom stereocenters. The van der Waals surface area contributed by atoms with Gasteiger partial charge in [-0.2, -0.15) is 0 Å². The van der Waals surface area contributed by atoms with Crippen LogP contribution in [0.2, 0.25) is 0 Å². The summed E-state index contributed by atoms with van der Waals surface area (Å²) in [6, 6.07) is 6.32. The number of aryl methyl sites for hydroxylation is 1. The summed E-state index contributed by atoms with van der Waals surface area (Å²) in [5, 5.41) is 6.21. The minimum absolute atomic E-state index is 0. The Morgan fingerprint density at radius 1 is 1.28 bits per heavy atom. The van der Waals surface area contributed by atoms with Gasteiger partial charge in [-0.15, -0.1) is 24.0 Å². The van der Waals surface area contributed by atoms with Gasteiger partial charge in [0.05, 0.1) is 0 Å². The van der Waals surface area contributed by atoms with Gasteiger partial charge in [0.1, 0.15) is 11.4 Å². The molecule has 0 saturated carbocycles. The molecule has 1 saturated heterocycles. The van der Waals surface area contributed by atoms with Gasteiger partial charge >= 0.3 is 0 Å². The third-order valence-electron chi connectivity index (χ3n) is 4.95. The minimum atomic E-state index is -0.239. The summed E-state index contributed by atoms with van der Waals surface area (Å²) in [4.78, 5) is 18.3. The van der Waals surface area contributed by atoms with E-state index < -0.39 is 0 Å². The Bertz CT molecular complexity index is 693. The van der Waals surface area contributed by atoms with Crippen molar-refractivity contribution >= 4 is 35.8 Å². The maximum absolute atomic E-state index is 11.6. The molecule has 29 heavy (non-hydrogen) atoms. The van der Waals surface area contributed by atoms with E-state index >= 15 is 0 Å². The zero-order chi connectivity index (χ0) is 20.7. The number of hydrogen-bond donors (Lipinski definition) is 2. The van der Waals surface area contributed by atoms with Crippen molar-refractivity contribution in [2.75, 3.05) is 27.2 Å². The Morgan fingerprint density at radius 2 is 1.93 bits per heavy atom. The highest BCUT2D eigenvalue weighted by atomic mass is 127. The highest BCUT2D eigenvalue weighted by Crippen LogP contribution is 2.25. The molecule has 0 radical (unpaired) electrons. The summed E-state index contributed by atoms with van der Waals surface area (Å²) >= 11 is 0. The molecule has 0 aliphatic carbocycles. The Balaban J connectivity index is 0.00000420. The molecule has 1 amide bonds. The molecule has 1 aliphatic heterocycles. The topological polar surface area (TPSA) is 66.0 Å². The standard InChI is InChI=1S/C22H36N4O2.HI/c1-16-7-8-18(19(13-16)28-22(2,3)4)15-25-21(24-6)26-11-9-17(10-12-26)14-20(27)23-5;/h7-8,13,17H,9-12,14-15H2,1-6H3,(H,23,27)(H,24,25);1H. The Hall–Kier alpha value is -1.51. The fourth-order valence-corrected chi connectivity index (χ4v) is 3.45. The summed E-state index contributed by atoms with van der Waals surface area (Å²) in [5.74, 6) is 2.41. The highest BCUT2D eigenvalue weighted by molar-refractivity contribution is 14.0. The van der Waals surface area contributed by atoms with Crippen LogP contribution >= 0.6 is 24.0 Å². The number of aliphatic imine (C=N–C) groups is 1. The van der Waals surface area contributed by atoms with Crippen LogP contribution in [0.5, 0.6) is 5.75 Å². The van der Waals surface area contributed by atoms with E-state index in [2.05, 4.69) is 66.4 Å². The smallest absolute Gasteiger partial charge is 0.220 e. The van der Waals surface area contributed by atoms with Crippen molar-refractivity contribution < 1.29 is 9.53 Å². The van der Waals surface area contributed by atoms with E-state index in [0.717, 1.165) is 43.2 Å². The summed E-state index contributed by atoms with van der Waals surface area (Å²) in [5.41, 5.74) is 2.07. The second-order valence-corrected chi connectivity index (χ2v) is 8.53. The van der Waals surface area contributed by atoms with Crippen molar-refractivity contribution in [2.24, 2.45) is 10.9 Å². The number of piperidine rings is 1. The van der Waals surface area contributed by atoms with Gasteiger partial charge in [0, 0.05) is 45.7 Å². The normalized spacial score (nSPS) is 15.5. The maximum Gasteiger partial charge on any atom is 0.220 e. The lowest BCUT2D eigenvalue weighted by Gasteiger charge is -2.34. The van der Waals surface area contributed by atoms with E-state index in [4.69, 9.17) is 4.74 Å². The van der Waals surface area contributed by atoms with Crippen LogP contribution in [0.15, 0.2) is 23.2 Å². The van der Waals surface area contributed by atoms with Crippen LogP contribution in [0.1, 0.15) is 51.2 Å². The van der Waals surface area contributed by atoms with Crippen molar-refractivity contribution in [1.29, 1.82) is 0 Å². The molecule has 0 aromatic heterocycles. The van der Waals surface area contributed by atoms with Crippen LogP contribution in [-0.2, 0) is 11.3 Å². The molecule has 0 spiro atoms. The molecule has 0 bridgehead atoms. The Morgan fingerprint density at radius 3 is 2.48 bits per heavy atom. The van der Waals surface area contributed by atoms with Crippen LogP contribution < -0.4 is 15.4 Å². The first-order valence-corrected chi connectivity index (χ1v) is 10.2. The number of ether oxygens (including phenoxy) is 1.